The van der Waals surface area contributed by atoms with Crippen LogP contribution in [-0.4, -0.2) is 9.97 Å². The van der Waals surface area contributed by atoms with E-state index in [1.54, 1.807) is 12.1 Å². The molecule has 0 unspecified atom stereocenters. The number of hydrogen-bond donors (Lipinski definition) is 1. The van der Waals surface area contributed by atoms with Crippen molar-refractivity contribution in [3.63, 3.8) is 0 Å². The van der Waals surface area contributed by atoms with Crippen LogP contribution in [0.25, 0.3) is 11.4 Å². The highest BCUT2D eigenvalue weighted by atomic mass is 79.9. The maximum Gasteiger partial charge on any atom is 0.144 e. The topological polar surface area (TPSA) is 28.7 Å². The van der Waals surface area contributed by atoms with Crippen molar-refractivity contribution in [2.45, 2.75) is 26.2 Å². The van der Waals surface area contributed by atoms with Crippen molar-refractivity contribution in [1.82, 2.24) is 9.97 Å². The molecule has 106 valence electrons. The largest absolute Gasteiger partial charge is 0.342 e. The summed E-state index contributed by atoms with van der Waals surface area (Å²) in [7, 11) is 0. The highest BCUT2D eigenvalue weighted by Crippen LogP contribution is 2.32. The van der Waals surface area contributed by atoms with Crippen molar-refractivity contribution < 1.29 is 0 Å². The maximum absolute atomic E-state index is 6.06. The number of rotatable bonds is 1. The molecule has 1 heterocycles. The Balaban J connectivity index is 2.67. The van der Waals surface area contributed by atoms with Crippen LogP contribution in [0.4, 0.5) is 0 Å². The molecule has 0 radical (unpaired) electrons. The molecule has 0 bridgehead atoms. The summed E-state index contributed by atoms with van der Waals surface area (Å²) < 4.78 is 1.35. The van der Waals surface area contributed by atoms with Crippen LogP contribution in [0, 0.1) is 4.64 Å². The number of hydrogen-bond acceptors (Lipinski definition) is 2. The summed E-state index contributed by atoms with van der Waals surface area (Å²) >= 11 is 20.8. The number of aromatic amines is 1. The second-order valence-corrected chi connectivity index (χ2v) is 7.45. The third kappa shape index (κ3) is 3.25. The van der Waals surface area contributed by atoms with Crippen molar-refractivity contribution >= 4 is 51.3 Å². The molecule has 2 aromatic rings. The molecule has 0 aliphatic rings. The molecule has 2 nitrogen and oxygen atoms in total. The van der Waals surface area contributed by atoms with E-state index in [0.29, 0.717) is 20.5 Å². The van der Waals surface area contributed by atoms with E-state index in [-0.39, 0.29) is 5.41 Å². The number of H-pyrrole nitrogens is 1. The number of halogens is 3. The zero-order valence-corrected chi connectivity index (χ0v) is 15.1. The summed E-state index contributed by atoms with van der Waals surface area (Å²) in [5.74, 6) is 0.682. The molecule has 0 saturated heterocycles. The van der Waals surface area contributed by atoms with Gasteiger partial charge in [-0.3, -0.25) is 0 Å². The predicted octanol–water partition coefficient (Wildman–Crippen LogP) is 6.17. The van der Waals surface area contributed by atoms with Crippen LogP contribution >= 0.6 is 51.3 Å². The summed E-state index contributed by atoms with van der Waals surface area (Å²) in [6.07, 6.45) is 0. The van der Waals surface area contributed by atoms with Gasteiger partial charge in [0.25, 0.3) is 0 Å². The third-order valence-corrected chi connectivity index (χ3v) is 4.88. The van der Waals surface area contributed by atoms with Gasteiger partial charge in [-0.2, -0.15) is 0 Å². The smallest absolute Gasteiger partial charge is 0.144 e. The van der Waals surface area contributed by atoms with Gasteiger partial charge >= 0.3 is 0 Å². The van der Waals surface area contributed by atoms with Crippen LogP contribution in [0.2, 0.25) is 10.0 Å². The van der Waals surface area contributed by atoms with Gasteiger partial charge in [0.1, 0.15) is 10.5 Å². The number of benzene rings is 1. The SMILES string of the molecule is CC(C)(C)c1[nH]c(-c2ccc(Cl)c(Cl)c2)nc(=S)c1Br. The fourth-order valence-electron chi connectivity index (χ4n) is 1.76. The van der Waals surface area contributed by atoms with E-state index < -0.39 is 0 Å². The number of nitrogens with zero attached hydrogens (tertiary/aromatic N) is 1. The van der Waals surface area contributed by atoms with Crippen LogP contribution in [0.1, 0.15) is 26.5 Å². The lowest BCUT2D eigenvalue weighted by molar-refractivity contribution is 0.563. The molecule has 1 aromatic carbocycles. The molecule has 0 aliphatic carbocycles. The Hall–Kier alpha value is -0.420. The molecule has 0 saturated carbocycles. The summed E-state index contributed by atoms with van der Waals surface area (Å²) in [6, 6.07) is 5.39. The Morgan fingerprint density at radius 2 is 1.85 bits per heavy atom. The van der Waals surface area contributed by atoms with Crippen LogP contribution in [0.5, 0.6) is 0 Å². The average molecular weight is 392 g/mol. The summed E-state index contributed by atoms with van der Waals surface area (Å²) in [5.41, 5.74) is 1.77. The Morgan fingerprint density at radius 1 is 1.20 bits per heavy atom. The van der Waals surface area contributed by atoms with Gasteiger partial charge in [0, 0.05) is 16.7 Å². The summed E-state index contributed by atoms with van der Waals surface area (Å²) in [6.45, 7) is 6.32. The second kappa shape index (κ2) is 5.76. The van der Waals surface area contributed by atoms with E-state index in [1.165, 1.54) is 0 Å². The number of nitrogens with one attached hydrogen (secondary N) is 1. The first-order chi connectivity index (χ1) is 9.20. The second-order valence-electron chi connectivity index (χ2n) is 5.46. The van der Waals surface area contributed by atoms with Gasteiger partial charge in [0.05, 0.1) is 14.5 Å². The lowest BCUT2D eigenvalue weighted by atomic mass is 9.92. The minimum absolute atomic E-state index is 0.0830. The van der Waals surface area contributed by atoms with Gasteiger partial charge < -0.3 is 4.98 Å². The molecule has 2 rings (SSSR count). The van der Waals surface area contributed by atoms with Gasteiger partial charge in [-0.25, -0.2) is 4.98 Å². The fraction of sp³-hybridized carbons (Fsp3) is 0.286. The highest BCUT2D eigenvalue weighted by Gasteiger charge is 2.20. The van der Waals surface area contributed by atoms with Crippen molar-refractivity contribution in [3.05, 3.63) is 43.1 Å². The summed E-state index contributed by atoms with van der Waals surface area (Å²) in [4.78, 5) is 7.73. The van der Waals surface area contributed by atoms with Crippen molar-refractivity contribution in [2.24, 2.45) is 0 Å². The van der Waals surface area contributed by atoms with E-state index in [2.05, 4.69) is 46.7 Å². The molecule has 6 heteroatoms. The Labute approximate surface area is 141 Å². The molecule has 0 amide bonds. The van der Waals surface area contributed by atoms with Crippen LogP contribution in [0.15, 0.2) is 22.7 Å². The van der Waals surface area contributed by atoms with Gasteiger partial charge in [0.2, 0.25) is 0 Å². The van der Waals surface area contributed by atoms with Gasteiger partial charge in [-0.1, -0.05) is 56.2 Å². The summed E-state index contributed by atoms with van der Waals surface area (Å²) in [5, 5.41) is 1.01. The van der Waals surface area contributed by atoms with Gasteiger partial charge in [-0.15, -0.1) is 0 Å². The van der Waals surface area contributed by atoms with Crippen LogP contribution in [-0.2, 0) is 5.41 Å². The zero-order chi connectivity index (χ0) is 15.1. The van der Waals surface area contributed by atoms with Crippen molar-refractivity contribution in [2.75, 3.05) is 0 Å². The first-order valence-corrected chi connectivity index (χ1v) is 7.91. The first-order valence-electron chi connectivity index (χ1n) is 5.96. The molecule has 1 aromatic heterocycles. The normalized spacial score (nSPS) is 11.7. The molecule has 1 N–H and O–H groups in total. The minimum Gasteiger partial charge on any atom is -0.342 e. The quantitative estimate of drug-likeness (QED) is 0.588. The molecule has 0 atom stereocenters. The maximum atomic E-state index is 6.06. The molecule has 0 fully saturated rings. The van der Waals surface area contributed by atoms with Gasteiger partial charge in [-0.05, 0) is 34.1 Å². The molecular weight excluding hydrogens is 379 g/mol. The lowest BCUT2D eigenvalue weighted by Gasteiger charge is -2.21. The van der Waals surface area contributed by atoms with Crippen LogP contribution in [0.3, 0.4) is 0 Å². The fourth-order valence-corrected chi connectivity index (χ4v) is 3.03. The Bertz CT molecular complexity index is 720. The van der Waals surface area contributed by atoms with Crippen LogP contribution < -0.4 is 0 Å². The van der Waals surface area contributed by atoms with Crippen molar-refractivity contribution in [3.8, 4) is 11.4 Å². The first kappa shape index (κ1) is 16.0. The standard InChI is InChI=1S/C14H13BrCl2N2S/c1-14(2,3)11-10(15)13(20)19-12(18-11)7-4-5-8(16)9(17)6-7/h4-6H,1-3H3,(H,18,19,20). The predicted molar refractivity (Wildman–Crippen MR) is 91.3 cm³/mol. The molecule has 0 spiro atoms. The third-order valence-electron chi connectivity index (χ3n) is 2.81. The van der Waals surface area contributed by atoms with E-state index in [9.17, 15) is 0 Å². The lowest BCUT2D eigenvalue weighted by Crippen LogP contribution is -2.16. The molecule has 20 heavy (non-hydrogen) atoms. The Kier molecular flexibility index (Phi) is 4.59. The highest BCUT2D eigenvalue weighted by molar-refractivity contribution is 9.10. The van der Waals surface area contributed by atoms with E-state index >= 15 is 0 Å². The Morgan fingerprint density at radius 3 is 2.40 bits per heavy atom. The average Bonchev–Trinajstić information content (AvgIpc) is 2.34. The minimum atomic E-state index is -0.0830. The molecular formula is C14H13BrCl2N2S. The molecule has 0 aliphatic heterocycles. The zero-order valence-electron chi connectivity index (χ0n) is 11.2. The van der Waals surface area contributed by atoms with E-state index in [4.69, 9.17) is 35.4 Å². The monoisotopic (exact) mass is 390 g/mol. The van der Waals surface area contributed by atoms with E-state index in [1.807, 2.05) is 6.07 Å². The van der Waals surface area contributed by atoms with Gasteiger partial charge in [0.15, 0.2) is 0 Å². The number of aromatic nitrogens is 2. The van der Waals surface area contributed by atoms with Crippen molar-refractivity contribution in [1.29, 1.82) is 0 Å². The van der Waals surface area contributed by atoms with E-state index in [0.717, 1.165) is 15.7 Å².